The fraction of sp³-hybridized carbons (Fsp3) is 0.533. The highest BCUT2D eigenvalue weighted by Crippen LogP contribution is 2.25. The summed E-state index contributed by atoms with van der Waals surface area (Å²) >= 11 is 0. The van der Waals surface area contributed by atoms with E-state index in [0.717, 1.165) is 6.42 Å². The molecule has 18 heavy (non-hydrogen) atoms. The smallest absolute Gasteiger partial charge is 0.312 e. The number of nitrogens with one attached hydrogen (secondary N) is 1. The van der Waals surface area contributed by atoms with E-state index in [9.17, 15) is 4.79 Å². The summed E-state index contributed by atoms with van der Waals surface area (Å²) in [4.78, 5) is 10.8. The summed E-state index contributed by atoms with van der Waals surface area (Å²) in [6.45, 7) is 9.17. The molecule has 1 unspecified atom stereocenters. The number of rotatable bonds is 5. The highest BCUT2D eigenvalue weighted by molar-refractivity contribution is 5.71. The zero-order valence-corrected chi connectivity index (χ0v) is 11.8. The third-order valence-electron chi connectivity index (χ3n) is 3.58. The number of benzene rings is 1. The van der Waals surface area contributed by atoms with Crippen LogP contribution in [0.2, 0.25) is 0 Å². The zero-order valence-electron chi connectivity index (χ0n) is 11.8. The fourth-order valence-electron chi connectivity index (χ4n) is 1.91. The molecular formula is C15H24N2O. The van der Waals surface area contributed by atoms with Crippen molar-refractivity contribution >= 4 is 6.03 Å². The predicted molar refractivity (Wildman–Crippen MR) is 75.8 cm³/mol. The number of nitrogens with two attached hydrogens (primary N) is 1. The van der Waals surface area contributed by atoms with E-state index in [1.165, 1.54) is 11.1 Å². The van der Waals surface area contributed by atoms with Crippen molar-refractivity contribution in [1.82, 2.24) is 5.32 Å². The fourth-order valence-corrected chi connectivity index (χ4v) is 1.91. The zero-order chi connectivity index (χ0) is 13.8. The molecule has 0 saturated heterocycles. The van der Waals surface area contributed by atoms with Gasteiger partial charge in [-0.15, -0.1) is 0 Å². The van der Waals surface area contributed by atoms with Crippen LogP contribution in [-0.4, -0.2) is 12.6 Å². The van der Waals surface area contributed by atoms with E-state index in [4.69, 9.17) is 5.73 Å². The average Bonchev–Trinajstić information content (AvgIpc) is 2.36. The number of carbonyl (C=O) groups excluding carboxylic acids is 1. The van der Waals surface area contributed by atoms with Crippen LogP contribution in [0.15, 0.2) is 24.3 Å². The quantitative estimate of drug-likeness (QED) is 0.826. The molecule has 1 rings (SSSR count). The largest absolute Gasteiger partial charge is 0.352 e. The first-order valence-corrected chi connectivity index (χ1v) is 6.50. The minimum absolute atomic E-state index is 0.108. The molecular weight excluding hydrogens is 224 g/mol. The molecule has 2 amide bonds. The molecule has 0 aliphatic carbocycles. The third kappa shape index (κ3) is 3.76. The van der Waals surface area contributed by atoms with E-state index in [0.29, 0.717) is 12.5 Å². The Morgan fingerprint density at radius 2 is 1.89 bits per heavy atom. The van der Waals surface area contributed by atoms with Gasteiger partial charge < -0.3 is 11.1 Å². The highest BCUT2D eigenvalue weighted by atomic mass is 16.2. The number of amides is 2. The SMILES string of the molecule is CCC(C)c1ccc(C(C)(C)CNC(N)=O)cc1. The van der Waals surface area contributed by atoms with E-state index in [1.807, 2.05) is 0 Å². The summed E-state index contributed by atoms with van der Waals surface area (Å²) in [5.74, 6) is 0.589. The Balaban J connectivity index is 2.80. The minimum atomic E-state index is -0.473. The van der Waals surface area contributed by atoms with Crippen molar-refractivity contribution in [3.05, 3.63) is 35.4 Å². The Kier molecular flexibility index (Phi) is 4.76. The van der Waals surface area contributed by atoms with Gasteiger partial charge in [0.2, 0.25) is 0 Å². The van der Waals surface area contributed by atoms with Gasteiger partial charge in [-0.3, -0.25) is 0 Å². The van der Waals surface area contributed by atoms with Crippen molar-refractivity contribution in [1.29, 1.82) is 0 Å². The Morgan fingerprint density at radius 3 is 2.33 bits per heavy atom. The maximum atomic E-state index is 10.8. The monoisotopic (exact) mass is 248 g/mol. The van der Waals surface area contributed by atoms with Crippen LogP contribution < -0.4 is 11.1 Å². The van der Waals surface area contributed by atoms with Gasteiger partial charge in [0.15, 0.2) is 0 Å². The first kappa shape index (κ1) is 14.6. The van der Waals surface area contributed by atoms with Crippen molar-refractivity contribution in [3.63, 3.8) is 0 Å². The van der Waals surface area contributed by atoms with Gasteiger partial charge in [-0.25, -0.2) is 4.79 Å². The van der Waals surface area contributed by atoms with Crippen molar-refractivity contribution in [2.45, 2.75) is 45.4 Å². The molecule has 0 heterocycles. The summed E-state index contributed by atoms with van der Waals surface area (Å²) in [5, 5.41) is 2.67. The molecule has 1 aromatic rings. The maximum Gasteiger partial charge on any atom is 0.312 e. The number of primary amides is 1. The number of urea groups is 1. The molecule has 0 aliphatic rings. The second kappa shape index (κ2) is 5.89. The van der Waals surface area contributed by atoms with Crippen molar-refractivity contribution in [2.24, 2.45) is 5.73 Å². The Morgan fingerprint density at radius 1 is 1.33 bits per heavy atom. The molecule has 0 saturated carbocycles. The summed E-state index contributed by atoms with van der Waals surface area (Å²) in [7, 11) is 0. The van der Waals surface area contributed by atoms with E-state index in [1.54, 1.807) is 0 Å². The van der Waals surface area contributed by atoms with Gasteiger partial charge >= 0.3 is 6.03 Å². The van der Waals surface area contributed by atoms with Crippen LogP contribution >= 0.6 is 0 Å². The lowest BCUT2D eigenvalue weighted by Gasteiger charge is -2.25. The lowest BCUT2D eigenvalue weighted by Crippen LogP contribution is -2.39. The van der Waals surface area contributed by atoms with E-state index in [2.05, 4.69) is 57.3 Å². The van der Waals surface area contributed by atoms with E-state index < -0.39 is 6.03 Å². The summed E-state index contributed by atoms with van der Waals surface area (Å²) < 4.78 is 0. The molecule has 3 heteroatoms. The Labute approximate surface area is 110 Å². The van der Waals surface area contributed by atoms with Crippen LogP contribution in [0.5, 0.6) is 0 Å². The average molecular weight is 248 g/mol. The maximum absolute atomic E-state index is 10.8. The molecule has 0 spiro atoms. The van der Waals surface area contributed by atoms with Gasteiger partial charge in [-0.2, -0.15) is 0 Å². The molecule has 1 atom stereocenters. The predicted octanol–water partition coefficient (Wildman–Crippen LogP) is 3.15. The summed E-state index contributed by atoms with van der Waals surface area (Å²) in [5.41, 5.74) is 7.57. The van der Waals surface area contributed by atoms with Crippen LogP contribution in [0, 0.1) is 0 Å². The van der Waals surface area contributed by atoms with E-state index in [-0.39, 0.29) is 5.41 Å². The van der Waals surface area contributed by atoms with Crippen LogP contribution in [-0.2, 0) is 5.41 Å². The second-order valence-corrected chi connectivity index (χ2v) is 5.53. The van der Waals surface area contributed by atoms with Gasteiger partial charge in [0, 0.05) is 12.0 Å². The standard InChI is InChI=1S/C15H24N2O/c1-5-11(2)12-6-8-13(9-7-12)15(3,4)10-17-14(16)18/h6-9,11H,5,10H2,1-4H3,(H3,16,17,18). The third-order valence-corrected chi connectivity index (χ3v) is 3.58. The Bertz CT molecular complexity index is 395. The first-order valence-electron chi connectivity index (χ1n) is 6.50. The van der Waals surface area contributed by atoms with E-state index >= 15 is 0 Å². The van der Waals surface area contributed by atoms with Crippen LogP contribution in [0.3, 0.4) is 0 Å². The Hall–Kier alpha value is -1.51. The van der Waals surface area contributed by atoms with Gasteiger partial charge in [-0.05, 0) is 23.5 Å². The van der Waals surface area contributed by atoms with Gasteiger partial charge in [0.25, 0.3) is 0 Å². The molecule has 0 fully saturated rings. The highest BCUT2D eigenvalue weighted by Gasteiger charge is 2.21. The normalized spacial score (nSPS) is 13.1. The van der Waals surface area contributed by atoms with Crippen LogP contribution in [0.1, 0.15) is 51.2 Å². The first-order chi connectivity index (χ1) is 8.36. The van der Waals surface area contributed by atoms with Crippen molar-refractivity contribution < 1.29 is 4.79 Å². The van der Waals surface area contributed by atoms with Crippen LogP contribution in [0.4, 0.5) is 4.79 Å². The molecule has 100 valence electrons. The molecule has 0 aliphatic heterocycles. The van der Waals surface area contributed by atoms with Gasteiger partial charge in [0.1, 0.15) is 0 Å². The summed E-state index contributed by atoms with van der Waals surface area (Å²) in [6, 6.07) is 8.17. The van der Waals surface area contributed by atoms with Crippen molar-refractivity contribution in [3.8, 4) is 0 Å². The van der Waals surface area contributed by atoms with Gasteiger partial charge in [0.05, 0.1) is 0 Å². The number of hydrogen-bond acceptors (Lipinski definition) is 1. The van der Waals surface area contributed by atoms with Crippen molar-refractivity contribution in [2.75, 3.05) is 6.54 Å². The van der Waals surface area contributed by atoms with Crippen LogP contribution in [0.25, 0.3) is 0 Å². The number of hydrogen-bond donors (Lipinski definition) is 2. The molecule has 3 nitrogen and oxygen atoms in total. The minimum Gasteiger partial charge on any atom is -0.352 e. The second-order valence-electron chi connectivity index (χ2n) is 5.53. The number of carbonyl (C=O) groups is 1. The van der Waals surface area contributed by atoms with Gasteiger partial charge in [-0.1, -0.05) is 52.0 Å². The lowest BCUT2D eigenvalue weighted by molar-refractivity contribution is 0.246. The molecule has 0 aromatic heterocycles. The topological polar surface area (TPSA) is 55.1 Å². The molecule has 3 N–H and O–H groups in total. The molecule has 0 bridgehead atoms. The lowest BCUT2D eigenvalue weighted by atomic mass is 9.83. The summed E-state index contributed by atoms with van der Waals surface area (Å²) in [6.07, 6.45) is 1.14. The molecule has 1 aromatic carbocycles. The molecule has 0 radical (unpaired) electrons.